The summed E-state index contributed by atoms with van der Waals surface area (Å²) in [5.74, 6) is -1.20. The van der Waals surface area contributed by atoms with Gasteiger partial charge in [0.05, 0.1) is 11.8 Å². The molecule has 4 nitrogen and oxygen atoms in total. The number of carboxylic acid groups (broad SMARTS) is 1. The molecule has 0 radical (unpaired) electrons. The van der Waals surface area contributed by atoms with Gasteiger partial charge in [0, 0.05) is 0 Å². The summed E-state index contributed by atoms with van der Waals surface area (Å²) in [5, 5.41) is 8.99. The number of rotatable bonds is 10. The second-order valence-corrected chi connectivity index (χ2v) is 6.56. The number of carboxylic acids is 1. The Bertz CT molecular complexity index is 332. The number of ether oxygens (including phenoxy) is 1. The fourth-order valence-electron chi connectivity index (χ4n) is 3.16. The van der Waals surface area contributed by atoms with Crippen LogP contribution in [-0.2, 0) is 14.3 Å². The Kier molecular flexibility index (Phi) is 9.17. The Labute approximate surface area is 134 Å². The summed E-state index contributed by atoms with van der Waals surface area (Å²) in [5.41, 5.74) is 0. The van der Waals surface area contributed by atoms with Crippen molar-refractivity contribution in [3.63, 3.8) is 0 Å². The summed E-state index contributed by atoms with van der Waals surface area (Å²) in [7, 11) is 0. The molecule has 1 rings (SSSR count). The molecule has 1 aliphatic rings. The molecule has 1 saturated carbocycles. The van der Waals surface area contributed by atoms with Crippen molar-refractivity contribution < 1.29 is 19.4 Å². The van der Waals surface area contributed by atoms with Gasteiger partial charge in [-0.2, -0.15) is 0 Å². The molecule has 0 saturated heterocycles. The van der Waals surface area contributed by atoms with Gasteiger partial charge in [-0.05, 0) is 44.9 Å². The number of carbonyl (C=O) groups excluding carboxylic acids is 1. The molecule has 0 spiro atoms. The zero-order valence-electron chi connectivity index (χ0n) is 14.2. The number of hydrogen-bond donors (Lipinski definition) is 1. The molecule has 0 aromatic carbocycles. The Morgan fingerprint density at radius 3 is 2.14 bits per heavy atom. The lowest BCUT2D eigenvalue weighted by Crippen LogP contribution is -2.29. The summed E-state index contributed by atoms with van der Waals surface area (Å²) in [6.45, 7) is 4.26. The lowest BCUT2D eigenvalue weighted by molar-refractivity contribution is -0.157. The summed E-state index contributed by atoms with van der Waals surface area (Å²) in [4.78, 5) is 23.1. The first-order chi connectivity index (χ1) is 10.6. The Hall–Kier alpha value is -1.06. The minimum absolute atomic E-state index is 0.0336. The number of hydrogen-bond acceptors (Lipinski definition) is 3. The monoisotopic (exact) mass is 312 g/mol. The molecule has 22 heavy (non-hydrogen) atoms. The SMILES string of the molecule is CCCCCCCC(CC)OC(=O)C1CCC(C(=O)O)CC1. The highest BCUT2D eigenvalue weighted by molar-refractivity contribution is 5.74. The lowest BCUT2D eigenvalue weighted by atomic mass is 9.82. The van der Waals surface area contributed by atoms with E-state index in [9.17, 15) is 9.59 Å². The highest BCUT2D eigenvalue weighted by Crippen LogP contribution is 2.30. The summed E-state index contributed by atoms with van der Waals surface area (Å²) >= 11 is 0. The van der Waals surface area contributed by atoms with Crippen LogP contribution in [0.4, 0.5) is 0 Å². The first-order valence-corrected chi connectivity index (χ1v) is 9.01. The Morgan fingerprint density at radius 2 is 1.59 bits per heavy atom. The van der Waals surface area contributed by atoms with Gasteiger partial charge in [-0.15, -0.1) is 0 Å². The minimum Gasteiger partial charge on any atom is -0.481 e. The Balaban J connectivity index is 2.25. The number of aliphatic carboxylic acids is 1. The molecule has 1 N–H and O–H groups in total. The van der Waals surface area contributed by atoms with Crippen LogP contribution in [0.5, 0.6) is 0 Å². The summed E-state index contributed by atoms with van der Waals surface area (Å²) in [6, 6.07) is 0. The predicted molar refractivity (Wildman–Crippen MR) is 86.6 cm³/mol. The predicted octanol–water partition coefficient (Wildman–Crippen LogP) is 4.56. The van der Waals surface area contributed by atoms with Crippen molar-refractivity contribution in [2.45, 2.75) is 90.6 Å². The molecule has 0 aromatic heterocycles. The third-order valence-electron chi connectivity index (χ3n) is 4.78. The van der Waals surface area contributed by atoms with Gasteiger partial charge in [0.25, 0.3) is 0 Å². The van der Waals surface area contributed by atoms with Crippen LogP contribution in [0.2, 0.25) is 0 Å². The molecular formula is C18H32O4. The molecule has 128 valence electrons. The molecule has 0 bridgehead atoms. The molecule has 0 aliphatic heterocycles. The first kappa shape index (κ1) is 19.0. The fourth-order valence-corrected chi connectivity index (χ4v) is 3.16. The molecule has 0 heterocycles. The maximum atomic E-state index is 12.2. The van der Waals surface area contributed by atoms with Crippen molar-refractivity contribution in [2.24, 2.45) is 11.8 Å². The fraction of sp³-hybridized carbons (Fsp3) is 0.889. The van der Waals surface area contributed by atoms with E-state index in [1.54, 1.807) is 0 Å². The van der Waals surface area contributed by atoms with Crippen LogP contribution in [0.1, 0.15) is 84.5 Å². The van der Waals surface area contributed by atoms with Gasteiger partial charge >= 0.3 is 11.9 Å². The molecule has 1 fully saturated rings. The normalized spacial score (nSPS) is 23.0. The van der Waals surface area contributed by atoms with Crippen LogP contribution in [0.25, 0.3) is 0 Å². The van der Waals surface area contributed by atoms with Gasteiger partial charge in [0.15, 0.2) is 0 Å². The van der Waals surface area contributed by atoms with E-state index in [-0.39, 0.29) is 23.9 Å². The van der Waals surface area contributed by atoms with E-state index >= 15 is 0 Å². The third-order valence-corrected chi connectivity index (χ3v) is 4.78. The largest absolute Gasteiger partial charge is 0.481 e. The number of esters is 1. The van der Waals surface area contributed by atoms with Gasteiger partial charge < -0.3 is 9.84 Å². The first-order valence-electron chi connectivity index (χ1n) is 9.01. The van der Waals surface area contributed by atoms with Crippen LogP contribution in [-0.4, -0.2) is 23.1 Å². The molecule has 1 unspecified atom stereocenters. The molecule has 4 heteroatoms. The van der Waals surface area contributed by atoms with Crippen molar-refractivity contribution in [1.82, 2.24) is 0 Å². The molecule has 0 aromatic rings. The van der Waals surface area contributed by atoms with Crippen LogP contribution in [0.15, 0.2) is 0 Å². The van der Waals surface area contributed by atoms with Crippen molar-refractivity contribution in [3.05, 3.63) is 0 Å². The molecule has 0 amide bonds. The van der Waals surface area contributed by atoms with E-state index in [1.165, 1.54) is 25.7 Å². The second kappa shape index (κ2) is 10.6. The van der Waals surface area contributed by atoms with E-state index in [0.717, 1.165) is 19.3 Å². The molecule has 1 aliphatic carbocycles. The van der Waals surface area contributed by atoms with E-state index in [2.05, 4.69) is 13.8 Å². The van der Waals surface area contributed by atoms with Gasteiger partial charge in [-0.1, -0.05) is 39.5 Å². The van der Waals surface area contributed by atoms with Crippen molar-refractivity contribution in [1.29, 1.82) is 0 Å². The van der Waals surface area contributed by atoms with Crippen LogP contribution < -0.4 is 0 Å². The number of carbonyl (C=O) groups is 2. The van der Waals surface area contributed by atoms with Gasteiger partial charge in [-0.25, -0.2) is 0 Å². The van der Waals surface area contributed by atoms with Gasteiger partial charge in [0.2, 0.25) is 0 Å². The summed E-state index contributed by atoms with van der Waals surface area (Å²) in [6.07, 6.45) is 10.5. The summed E-state index contributed by atoms with van der Waals surface area (Å²) < 4.78 is 5.66. The van der Waals surface area contributed by atoms with E-state index < -0.39 is 5.97 Å². The number of unbranched alkanes of at least 4 members (excludes halogenated alkanes) is 4. The highest BCUT2D eigenvalue weighted by atomic mass is 16.5. The Morgan fingerprint density at radius 1 is 1.00 bits per heavy atom. The smallest absolute Gasteiger partial charge is 0.309 e. The topological polar surface area (TPSA) is 63.6 Å². The van der Waals surface area contributed by atoms with Gasteiger partial charge in [0.1, 0.15) is 6.10 Å². The average Bonchev–Trinajstić information content (AvgIpc) is 2.53. The van der Waals surface area contributed by atoms with E-state index in [0.29, 0.717) is 25.7 Å². The molecule has 1 atom stereocenters. The van der Waals surface area contributed by atoms with Crippen molar-refractivity contribution in [3.8, 4) is 0 Å². The second-order valence-electron chi connectivity index (χ2n) is 6.56. The lowest BCUT2D eigenvalue weighted by Gasteiger charge is -2.26. The molecular weight excluding hydrogens is 280 g/mol. The highest BCUT2D eigenvalue weighted by Gasteiger charge is 2.31. The third kappa shape index (κ3) is 6.80. The van der Waals surface area contributed by atoms with Gasteiger partial charge in [-0.3, -0.25) is 9.59 Å². The maximum Gasteiger partial charge on any atom is 0.309 e. The van der Waals surface area contributed by atoms with Crippen LogP contribution in [0.3, 0.4) is 0 Å². The minimum atomic E-state index is -0.731. The average molecular weight is 312 g/mol. The standard InChI is InChI=1S/C18H32O4/c1-3-5-6-7-8-9-16(4-2)22-18(21)15-12-10-14(11-13-15)17(19)20/h14-16H,3-13H2,1-2H3,(H,19,20). The van der Waals surface area contributed by atoms with E-state index in [1.807, 2.05) is 0 Å². The van der Waals surface area contributed by atoms with Crippen LogP contribution >= 0.6 is 0 Å². The zero-order chi connectivity index (χ0) is 16.4. The van der Waals surface area contributed by atoms with Crippen molar-refractivity contribution in [2.75, 3.05) is 0 Å². The van der Waals surface area contributed by atoms with Crippen molar-refractivity contribution >= 4 is 11.9 Å². The van der Waals surface area contributed by atoms with E-state index in [4.69, 9.17) is 9.84 Å². The van der Waals surface area contributed by atoms with Crippen LogP contribution in [0, 0.1) is 11.8 Å². The zero-order valence-corrected chi connectivity index (χ0v) is 14.2. The maximum absolute atomic E-state index is 12.2. The quantitative estimate of drug-likeness (QED) is 0.474.